The molecule has 2 heterocycles. The van der Waals surface area contributed by atoms with E-state index in [0.717, 1.165) is 16.8 Å². The quantitative estimate of drug-likeness (QED) is 0.728. The maximum Gasteiger partial charge on any atom is 0.240 e. The minimum Gasteiger partial charge on any atom is -0.348 e. The summed E-state index contributed by atoms with van der Waals surface area (Å²) in [6.07, 6.45) is 0.337. The molecule has 4 rings (SSSR count). The monoisotopic (exact) mass is 388 g/mol. The average molecular weight is 388 g/mol. The van der Waals surface area contributed by atoms with Gasteiger partial charge in [-0.1, -0.05) is 60.2 Å². The average Bonchev–Trinajstić information content (AvgIpc) is 3.16. The van der Waals surface area contributed by atoms with Crippen LogP contribution >= 0.6 is 0 Å². The molecule has 0 fully saturated rings. The van der Waals surface area contributed by atoms with Gasteiger partial charge in [-0.2, -0.15) is 5.10 Å². The van der Waals surface area contributed by atoms with E-state index in [-0.39, 0.29) is 24.4 Å². The van der Waals surface area contributed by atoms with Gasteiger partial charge in [0.1, 0.15) is 12.4 Å². The van der Waals surface area contributed by atoms with Crippen molar-refractivity contribution in [2.24, 2.45) is 0 Å². The lowest BCUT2D eigenvalue weighted by molar-refractivity contribution is -0.124. The molecule has 29 heavy (non-hydrogen) atoms. The van der Waals surface area contributed by atoms with Crippen molar-refractivity contribution in [2.75, 3.05) is 11.4 Å². The molecule has 0 bridgehead atoms. The minimum atomic E-state index is -0.193. The Bertz CT molecular complexity index is 1020. The van der Waals surface area contributed by atoms with Gasteiger partial charge in [0.25, 0.3) is 0 Å². The molecule has 1 aliphatic heterocycles. The van der Waals surface area contributed by atoms with Crippen molar-refractivity contribution in [1.29, 1.82) is 0 Å². The number of nitrogens with zero attached hydrogens (tertiary/aromatic N) is 3. The number of aryl methyl sites for hydroxylation is 2. The lowest BCUT2D eigenvalue weighted by Gasteiger charge is -2.27. The standard InChI is InChI=1S/C23H24N4O2/c1-16-8-10-19(11-9-16)20-14-22-26(23(29)12-13-27(22)25-20)15-21(28)24-17(2)18-6-4-3-5-7-18/h3-11,14,17H,12-13,15H2,1-2H3,(H,24,28). The number of benzene rings is 2. The highest BCUT2D eigenvalue weighted by Gasteiger charge is 2.28. The van der Waals surface area contributed by atoms with Gasteiger partial charge in [0.2, 0.25) is 11.8 Å². The molecule has 2 aromatic carbocycles. The second-order valence-electron chi connectivity index (χ2n) is 7.41. The molecule has 148 valence electrons. The molecule has 1 atom stereocenters. The van der Waals surface area contributed by atoms with E-state index in [2.05, 4.69) is 10.4 Å². The summed E-state index contributed by atoms with van der Waals surface area (Å²) in [4.78, 5) is 26.7. The number of rotatable bonds is 5. The first-order valence-electron chi connectivity index (χ1n) is 9.81. The Kier molecular flexibility index (Phi) is 5.16. The third-order valence-corrected chi connectivity index (χ3v) is 5.20. The molecule has 1 N–H and O–H groups in total. The van der Waals surface area contributed by atoms with Crippen LogP contribution in [0.1, 0.15) is 30.5 Å². The third kappa shape index (κ3) is 4.06. The van der Waals surface area contributed by atoms with E-state index in [4.69, 9.17) is 0 Å². The number of aromatic nitrogens is 2. The minimum absolute atomic E-state index is 0.0188. The summed E-state index contributed by atoms with van der Waals surface area (Å²) in [6.45, 7) is 4.48. The molecule has 0 spiro atoms. The van der Waals surface area contributed by atoms with Crippen molar-refractivity contribution in [2.45, 2.75) is 32.9 Å². The third-order valence-electron chi connectivity index (χ3n) is 5.20. The van der Waals surface area contributed by atoms with Crippen LogP contribution in [0, 0.1) is 6.92 Å². The summed E-state index contributed by atoms with van der Waals surface area (Å²) < 4.78 is 1.81. The van der Waals surface area contributed by atoms with Crippen LogP contribution in [0.15, 0.2) is 60.7 Å². The summed E-state index contributed by atoms with van der Waals surface area (Å²) in [5.74, 6) is 0.413. The van der Waals surface area contributed by atoms with E-state index in [0.29, 0.717) is 18.8 Å². The molecule has 6 heteroatoms. The molecule has 0 saturated carbocycles. The Hall–Kier alpha value is -3.41. The summed E-state index contributed by atoms with van der Waals surface area (Å²) in [6, 6.07) is 19.6. The Labute approximate surface area is 170 Å². The number of carbonyl (C=O) groups excluding carboxylic acids is 2. The van der Waals surface area contributed by atoms with E-state index in [1.165, 1.54) is 10.5 Å². The van der Waals surface area contributed by atoms with Gasteiger partial charge in [0, 0.05) is 18.1 Å². The van der Waals surface area contributed by atoms with Crippen LogP contribution in [0.3, 0.4) is 0 Å². The predicted octanol–water partition coefficient (Wildman–Crippen LogP) is 3.47. The van der Waals surface area contributed by atoms with Crippen molar-refractivity contribution < 1.29 is 9.59 Å². The molecule has 0 saturated heterocycles. The van der Waals surface area contributed by atoms with Crippen LogP contribution in [-0.2, 0) is 16.1 Å². The highest BCUT2D eigenvalue weighted by Crippen LogP contribution is 2.28. The highest BCUT2D eigenvalue weighted by atomic mass is 16.2. The van der Waals surface area contributed by atoms with Crippen LogP contribution in [0.5, 0.6) is 0 Å². The zero-order valence-corrected chi connectivity index (χ0v) is 16.6. The second-order valence-corrected chi connectivity index (χ2v) is 7.41. The lowest BCUT2D eigenvalue weighted by Crippen LogP contribution is -2.44. The maximum atomic E-state index is 12.6. The van der Waals surface area contributed by atoms with Crippen molar-refractivity contribution in [3.05, 3.63) is 71.8 Å². The normalized spacial score (nSPS) is 14.4. The molecule has 3 aromatic rings. The van der Waals surface area contributed by atoms with Gasteiger partial charge in [-0.25, -0.2) is 4.68 Å². The lowest BCUT2D eigenvalue weighted by atomic mass is 10.1. The van der Waals surface area contributed by atoms with Gasteiger partial charge in [-0.3, -0.25) is 14.5 Å². The topological polar surface area (TPSA) is 67.2 Å². The number of carbonyl (C=O) groups is 2. The first kappa shape index (κ1) is 18.9. The first-order valence-corrected chi connectivity index (χ1v) is 9.81. The predicted molar refractivity (Wildman–Crippen MR) is 112 cm³/mol. The summed E-state index contributed by atoms with van der Waals surface area (Å²) in [5.41, 5.74) is 4.00. The van der Waals surface area contributed by atoms with Gasteiger partial charge in [-0.15, -0.1) is 0 Å². The van der Waals surface area contributed by atoms with Crippen LogP contribution in [0.25, 0.3) is 11.3 Å². The van der Waals surface area contributed by atoms with Gasteiger partial charge in [0.15, 0.2) is 0 Å². The van der Waals surface area contributed by atoms with Crippen LogP contribution in [0.4, 0.5) is 5.82 Å². The number of anilines is 1. The van der Waals surface area contributed by atoms with Crippen molar-refractivity contribution in [3.63, 3.8) is 0 Å². The number of hydrogen-bond acceptors (Lipinski definition) is 3. The van der Waals surface area contributed by atoms with Crippen molar-refractivity contribution in [3.8, 4) is 11.3 Å². The van der Waals surface area contributed by atoms with E-state index in [1.807, 2.05) is 79.2 Å². The van der Waals surface area contributed by atoms with Gasteiger partial charge in [0.05, 0.1) is 18.3 Å². The number of fused-ring (bicyclic) bond motifs is 1. The van der Waals surface area contributed by atoms with E-state index in [9.17, 15) is 9.59 Å². The van der Waals surface area contributed by atoms with Crippen LogP contribution in [0.2, 0.25) is 0 Å². The van der Waals surface area contributed by atoms with Crippen LogP contribution in [-0.4, -0.2) is 28.1 Å². The summed E-state index contributed by atoms with van der Waals surface area (Å²) >= 11 is 0. The van der Waals surface area contributed by atoms with Crippen molar-refractivity contribution >= 4 is 17.6 Å². The van der Waals surface area contributed by atoms with Crippen molar-refractivity contribution in [1.82, 2.24) is 15.1 Å². The molecule has 2 amide bonds. The summed E-state index contributed by atoms with van der Waals surface area (Å²) in [7, 11) is 0. The van der Waals surface area contributed by atoms with E-state index < -0.39 is 0 Å². The SMILES string of the molecule is Cc1ccc(-c2cc3n(n2)CCC(=O)N3CC(=O)NC(C)c2ccccc2)cc1. The van der Waals surface area contributed by atoms with Crippen LogP contribution < -0.4 is 10.2 Å². The fourth-order valence-electron chi connectivity index (χ4n) is 3.54. The number of nitrogens with one attached hydrogen (secondary N) is 1. The van der Waals surface area contributed by atoms with Gasteiger partial charge in [-0.05, 0) is 19.4 Å². The molecule has 0 aliphatic carbocycles. The Balaban J connectivity index is 1.52. The largest absolute Gasteiger partial charge is 0.348 e. The van der Waals surface area contributed by atoms with E-state index in [1.54, 1.807) is 0 Å². The number of hydrogen-bond donors (Lipinski definition) is 1. The zero-order valence-electron chi connectivity index (χ0n) is 16.6. The first-order chi connectivity index (χ1) is 14.0. The Morgan fingerprint density at radius 1 is 1.14 bits per heavy atom. The zero-order chi connectivity index (χ0) is 20.4. The summed E-state index contributed by atoms with van der Waals surface area (Å²) in [5, 5.41) is 7.62. The fourth-order valence-corrected chi connectivity index (χ4v) is 3.54. The molecule has 1 unspecified atom stereocenters. The molecular weight excluding hydrogens is 364 g/mol. The second kappa shape index (κ2) is 7.91. The Morgan fingerprint density at radius 3 is 2.59 bits per heavy atom. The highest BCUT2D eigenvalue weighted by molar-refractivity contribution is 5.99. The smallest absolute Gasteiger partial charge is 0.240 e. The maximum absolute atomic E-state index is 12.6. The molecule has 1 aliphatic rings. The molecule has 0 radical (unpaired) electrons. The number of amides is 2. The van der Waals surface area contributed by atoms with Gasteiger partial charge >= 0.3 is 0 Å². The Morgan fingerprint density at radius 2 is 1.86 bits per heavy atom. The van der Waals surface area contributed by atoms with E-state index >= 15 is 0 Å². The fraction of sp³-hybridized carbons (Fsp3) is 0.261. The molecule has 6 nitrogen and oxygen atoms in total. The molecule has 1 aromatic heterocycles. The van der Waals surface area contributed by atoms with Gasteiger partial charge < -0.3 is 5.32 Å². The molecular formula is C23H24N4O2.